The molecule has 152 valence electrons. The first kappa shape index (κ1) is 19.6. The number of rotatable bonds is 6. The molecule has 1 aliphatic heterocycles. The summed E-state index contributed by atoms with van der Waals surface area (Å²) in [6, 6.07) is 12.0. The highest BCUT2D eigenvalue weighted by molar-refractivity contribution is 7.22. The molecule has 1 amide bonds. The molecule has 0 aliphatic carbocycles. The molecular formula is C22H24FN3O2S. The molecule has 1 fully saturated rings. The largest absolute Gasteiger partial charge is 0.494 e. The van der Waals surface area contributed by atoms with Crippen molar-refractivity contribution in [3.63, 3.8) is 0 Å². The molecule has 2 aromatic carbocycles. The first-order valence-corrected chi connectivity index (χ1v) is 10.8. The number of ether oxygens (including phenoxy) is 1. The van der Waals surface area contributed by atoms with Crippen molar-refractivity contribution in [2.45, 2.75) is 19.8 Å². The number of amides is 1. The molecule has 0 bridgehead atoms. The van der Waals surface area contributed by atoms with E-state index in [-0.39, 0.29) is 11.7 Å². The van der Waals surface area contributed by atoms with E-state index in [9.17, 15) is 9.18 Å². The van der Waals surface area contributed by atoms with Gasteiger partial charge in [0.2, 0.25) is 0 Å². The van der Waals surface area contributed by atoms with Crippen molar-refractivity contribution in [1.29, 1.82) is 0 Å². The van der Waals surface area contributed by atoms with Crippen LogP contribution in [-0.2, 0) is 0 Å². The SMILES string of the molecule is CCCCOc1ccc(C(=O)N2CCN(c3nc4ccc(F)cc4s3)CC2)cc1. The van der Waals surface area contributed by atoms with Gasteiger partial charge in [-0.3, -0.25) is 4.79 Å². The molecule has 0 atom stereocenters. The van der Waals surface area contributed by atoms with Crippen LogP contribution in [0, 0.1) is 5.82 Å². The molecule has 4 rings (SSSR count). The Balaban J connectivity index is 1.35. The van der Waals surface area contributed by atoms with E-state index >= 15 is 0 Å². The Hall–Kier alpha value is -2.67. The molecule has 0 radical (unpaired) electrons. The molecule has 0 saturated carbocycles. The van der Waals surface area contributed by atoms with Gasteiger partial charge >= 0.3 is 0 Å². The molecule has 1 aliphatic rings. The van der Waals surface area contributed by atoms with Gasteiger partial charge in [-0.25, -0.2) is 9.37 Å². The molecule has 5 nitrogen and oxygen atoms in total. The molecule has 0 unspecified atom stereocenters. The fraction of sp³-hybridized carbons (Fsp3) is 0.364. The lowest BCUT2D eigenvalue weighted by molar-refractivity contribution is 0.0746. The molecule has 3 aromatic rings. The maximum absolute atomic E-state index is 13.4. The Bertz CT molecular complexity index is 981. The smallest absolute Gasteiger partial charge is 0.253 e. The van der Waals surface area contributed by atoms with E-state index in [0.717, 1.165) is 33.9 Å². The second kappa shape index (κ2) is 8.78. The monoisotopic (exact) mass is 413 g/mol. The summed E-state index contributed by atoms with van der Waals surface area (Å²) in [6.07, 6.45) is 2.12. The number of carbonyl (C=O) groups is 1. The van der Waals surface area contributed by atoms with Crippen molar-refractivity contribution in [1.82, 2.24) is 9.88 Å². The Morgan fingerprint density at radius 3 is 2.62 bits per heavy atom. The quantitative estimate of drug-likeness (QED) is 0.555. The maximum atomic E-state index is 13.4. The van der Waals surface area contributed by atoms with Crippen LogP contribution in [-0.4, -0.2) is 48.6 Å². The Morgan fingerprint density at radius 2 is 1.90 bits per heavy atom. The number of fused-ring (bicyclic) bond motifs is 1. The predicted molar refractivity (Wildman–Crippen MR) is 115 cm³/mol. The normalized spacial score (nSPS) is 14.4. The van der Waals surface area contributed by atoms with Gasteiger partial charge in [0.15, 0.2) is 5.13 Å². The van der Waals surface area contributed by atoms with E-state index in [1.165, 1.54) is 23.5 Å². The number of halogens is 1. The number of hydrogen-bond acceptors (Lipinski definition) is 5. The number of aromatic nitrogens is 1. The summed E-state index contributed by atoms with van der Waals surface area (Å²) in [7, 11) is 0. The van der Waals surface area contributed by atoms with E-state index < -0.39 is 0 Å². The fourth-order valence-electron chi connectivity index (χ4n) is 3.33. The van der Waals surface area contributed by atoms with Gasteiger partial charge in [0.25, 0.3) is 5.91 Å². The van der Waals surface area contributed by atoms with E-state index in [1.54, 1.807) is 6.07 Å². The molecule has 1 aromatic heterocycles. The van der Waals surface area contributed by atoms with Crippen LogP contribution >= 0.6 is 11.3 Å². The number of piperazine rings is 1. The minimum absolute atomic E-state index is 0.0381. The summed E-state index contributed by atoms with van der Waals surface area (Å²) in [5.74, 6) is 0.591. The second-order valence-electron chi connectivity index (χ2n) is 7.11. The summed E-state index contributed by atoms with van der Waals surface area (Å²) < 4.78 is 19.9. The van der Waals surface area contributed by atoms with Crippen LogP contribution < -0.4 is 9.64 Å². The average molecular weight is 414 g/mol. The number of carbonyl (C=O) groups excluding carboxylic acids is 1. The molecule has 29 heavy (non-hydrogen) atoms. The minimum atomic E-state index is -0.245. The Morgan fingerprint density at radius 1 is 1.14 bits per heavy atom. The van der Waals surface area contributed by atoms with Gasteiger partial charge in [-0.1, -0.05) is 24.7 Å². The highest BCUT2D eigenvalue weighted by Crippen LogP contribution is 2.30. The third kappa shape index (κ3) is 4.50. The van der Waals surface area contributed by atoms with Crippen molar-refractivity contribution in [2.24, 2.45) is 0 Å². The van der Waals surface area contributed by atoms with Crippen molar-refractivity contribution in [3.8, 4) is 5.75 Å². The van der Waals surface area contributed by atoms with Crippen LogP contribution in [0.3, 0.4) is 0 Å². The van der Waals surface area contributed by atoms with Crippen LogP contribution in [0.1, 0.15) is 30.1 Å². The lowest BCUT2D eigenvalue weighted by Gasteiger charge is -2.34. The van der Waals surface area contributed by atoms with Gasteiger partial charge in [-0.15, -0.1) is 0 Å². The maximum Gasteiger partial charge on any atom is 0.253 e. The summed E-state index contributed by atoms with van der Waals surface area (Å²) >= 11 is 1.49. The zero-order chi connectivity index (χ0) is 20.2. The summed E-state index contributed by atoms with van der Waals surface area (Å²) in [6.45, 7) is 5.53. The first-order valence-electron chi connectivity index (χ1n) is 9.97. The third-order valence-corrected chi connectivity index (χ3v) is 6.12. The van der Waals surface area contributed by atoms with E-state index in [0.29, 0.717) is 38.3 Å². The van der Waals surface area contributed by atoms with E-state index in [4.69, 9.17) is 4.74 Å². The number of nitrogens with zero attached hydrogens (tertiary/aromatic N) is 3. The van der Waals surface area contributed by atoms with E-state index in [1.807, 2.05) is 29.2 Å². The van der Waals surface area contributed by atoms with Crippen molar-refractivity contribution >= 4 is 32.6 Å². The topological polar surface area (TPSA) is 45.7 Å². The summed E-state index contributed by atoms with van der Waals surface area (Å²) in [5, 5.41) is 0.881. The Labute approximate surface area is 173 Å². The van der Waals surface area contributed by atoms with Crippen molar-refractivity contribution in [3.05, 3.63) is 53.8 Å². The lowest BCUT2D eigenvalue weighted by Crippen LogP contribution is -2.48. The number of hydrogen-bond donors (Lipinski definition) is 0. The van der Waals surface area contributed by atoms with Crippen LogP contribution in [0.25, 0.3) is 10.2 Å². The molecule has 0 N–H and O–H groups in total. The number of thiazole rings is 1. The molecular weight excluding hydrogens is 389 g/mol. The highest BCUT2D eigenvalue weighted by Gasteiger charge is 2.24. The van der Waals surface area contributed by atoms with Crippen LogP contribution in [0.5, 0.6) is 5.75 Å². The third-order valence-electron chi connectivity index (χ3n) is 5.04. The molecule has 7 heteroatoms. The predicted octanol–water partition coefficient (Wildman–Crippen LogP) is 4.58. The summed E-state index contributed by atoms with van der Waals surface area (Å²) in [5.41, 5.74) is 1.49. The van der Waals surface area contributed by atoms with Crippen LogP contribution in [0.15, 0.2) is 42.5 Å². The zero-order valence-electron chi connectivity index (χ0n) is 16.4. The molecule has 1 saturated heterocycles. The number of anilines is 1. The van der Waals surface area contributed by atoms with Gasteiger partial charge in [0.1, 0.15) is 11.6 Å². The van der Waals surface area contributed by atoms with Gasteiger partial charge in [0.05, 0.1) is 16.8 Å². The van der Waals surface area contributed by atoms with Crippen molar-refractivity contribution < 1.29 is 13.9 Å². The first-order chi connectivity index (χ1) is 14.1. The highest BCUT2D eigenvalue weighted by atomic mass is 32.1. The fourth-order valence-corrected chi connectivity index (χ4v) is 4.38. The number of benzene rings is 2. The molecule has 2 heterocycles. The standard InChI is InChI=1S/C22H24FN3O2S/c1-2-3-14-28-18-7-4-16(5-8-18)21(27)25-10-12-26(13-11-25)22-24-19-9-6-17(23)15-20(19)29-22/h4-9,15H,2-3,10-14H2,1H3. The number of unbranched alkanes of at least 4 members (excludes halogenated alkanes) is 1. The van der Waals surface area contributed by atoms with Crippen LogP contribution in [0.2, 0.25) is 0 Å². The van der Waals surface area contributed by atoms with E-state index in [2.05, 4.69) is 16.8 Å². The van der Waals surface area contributed by atoms with Gasteiger partial charge in [-0.2, -0.15) is 0 Å². The van der Waals surface area contributed by atoms with Gasteiger partial charge < -0.3 is 14.5 Å². The average Bonchev–Trinajstić information content (AvgIpc) is 3.17. The lowest BCUT2D eigenvalue weighted by atomic mass is 10.1. The second-order valence-corrected chi connectivity index (χ2v) is 8.12. The van der Waals surface area contributed by atoms with Crippen LogP contribution in [0.4, 0.5) is 9.52 Å². The van der Waals surface area contributed by atoms with Crippen molar-refractivity contribution in [2.75, 3.05) is 37.7 Å². The van der Waals surface area contributed by atoms with Gasteiger partial charge in [-0.05, 0) is 48.9 Å². The van der Waals surface area contributed by atoms with Gasteiger partial charge in [0, 0.05) is 31.7 Å². The molecule has 0 spiro atoms. The minimum Gasteiger partial charge on any atom is -0.494 e. The zero-order valence-corrected chi connectivity index (χ0v) is 17.3. The Kier molecular flexibility index (Phi) is 5.94. The summed E-state index contributed by atoms with van der Waals surface area (Å²) in [4.78, 5) is 21.4.